The van der Waals surface area contributed by atoms with Crippen molar-refractivity contribution in [1.82, 2.24) is 9.88 Å². The number of rotatable bonds is 7. The van der Waals surface area contributed by atoms with Crippen molar-refractivity contribution >= 4 is 50.8 Å². The van der Waals surface area contributed by atoms with Gasteiger partial charge in [0.25, 0.3) is 0 Å². The normalized spacial score (nSPS) is 17.5. The minimum atomic E-state index is -1.46. The average Bonchev–Trinajstić information content (AvgIpc) is 3.15. The molecule has 1 atom stereocenters. The van der Waals surface area contributed by atoms with Gasteiger partial charge in [0.1, 0.15) is 22.3 Å². The molecule has 6 nitrogen and oxygen atoms in total. The summed E-state index contributed by atoms with van der Waals surface area (Å²) in [4.78, 5) is 5.95. The number of anilines is 1. The van der Waals surface area contributed by atoms with Crippen LogP contribution in [0.5, 0.6) is 5.75 Å². The molecule has 4 rings (SSSR count). The van der Waals surface area contributed by atoms with E-state index in [1.807, 2.05) is 12.1 Å². The number of nitrogens with zero attached hydrogens (tertiary/aromatic N) is 1. The summed E-state index contributed by atoms with van der Waals surface area (Å²) in [6, 6.07) is 10.8. The number of benzene rings is 2. The van der Waals surface area contributed by atoms with E-state index in [9.17, 15) is 4.21 Å². The number of aromatic amines is 1. The second-order valence-electron chi connectivity index (χ2n) is 7.94. The summed E-state index contributed by atoms with van der Waals surface area (Å²) in [5.74, 6) is 0.754. The Balaban J connectivity index is 1.42. The molecule has 166 valence electrons. The zero-order valence-electron chi connectivity index (χ0n) is 17.2. The summed E-state index contributed by atoms with van der Waals surface area (Å²) < 4.78 is 22.1. The van der Waals surface area contributed by atoms with Crippen molar-refractivity contribution < 1.29 is 14.1 Å². The lowest BCUT2D eigenvalue weighted by Crippen LogP contribution is -2.46. The zero-order chi connectivity index (χ0) is 22.0. The van der Waals surface area contributed by atoms with Crippen molar-refractivity contribution in [3.8, 4) is 5.75 Å². The highest BCUT2D eigenvalue weighted by Gasteiger charge is 2.31. The fraction of sp³-hybridized carbons (Fsp3) is 0.364. The van der Waals surface area contributed by atoms with Crippen LogP contribution in [0.2, 0.25) is 10.0 Å². The van der Waals surface area contributed by atoms with Crippen LogP contribution >= 0.6 is 23.2 Å². The SMILES string of the molecule is CC1(Oc2ccc(S(=O)Nc3ccc(Cl)c4c(Cl)c[nH]c34)cc2)CCN(CCO)CC1. The van der Waals surface area contributed by atoms with Crippen LogP contribution in [-0.2, 0) is 11.0 Å². The first-order chi connectivity index (χ1) is 14.9. The van der Waals surface area contributed by atoms with Gasteiger partial charge in [-0.25, -0.2) is 4.21 Å². The minimum Gasteiger partial charge on any atom is -0.487 e. The van der Waals surface area contributed by atoms with E-state index in [1.165, 1.54) is 0 Å². The van der Waals surface area contributed by atoms with Gasteiger partial charge in [-0.1, -0.05) is 23.2 Å². The van der Waals surface area contributed by atoms with E-state index in [0.717, 1.165) is 31.7 Å². The zero-order valence-corrected chi connectivity index (χ0v) is 19.5. The first kappa shape index (κ1) is 22.4. The Hall–Kier alpha value is -1.77. The van der Waals surface area contributed by atoms with Gasteiger partial charge in [-0.05, 0) is 56.2 Å². The third kappa shape index (κ3) is 5.02. The third-order valence-electron chi connectivity index (χ3n) is 5.67. The van der Waals surface area contributed by atoms with Crippen LogP contribution in [0.25, 0.3) is 10.9 Å². The molecule has 0 radical (unpaired) electrons. The molecular weight excluding hydrogens is 457 g/mol. The standard InChI is InChI=1S/C22H25Cl2N3O3S/c1-22(8-10-27(11-9-22)12-13-28)30-15-2-4-16(5-3-15)31(29)26-19-7-6-17(23)20-18(24)14-25-21(19)20/h2-7,14,25-26,28H,8-13H2,1H3. The number of halogens is 2. The van der Waals surface area contributed by atoms with Gasteiger partial charge in [-0.3, -0.25) is 4.72 Å². The molecule has 9 heteroatoms. The molecule has 2 aromatic carbocycles. The van der Waals surface area contributed by atoms with Crippen LogP contribution in [0, 0.1) is 0 Å². The Morgan fingerprint density at radius 3 is 2.55 bits per heavy atom. The van der Waals surface area contributed by atoms with Gasteiger partial charge in [0.05, 0.1) is 32.8 Å². The minimum absolute atomic E-state index is 0.183. The summed E-state index contributed by atoms with van der Waals surface area (Å²) in [6.07, 6.45) is 3.45. The van der Waals surface area contributed by atoms with Gasteiger partial charge in [-0.2, -0.15) is 0 Å². The Bertz CT molecular complexity index is 1080. The molecule has 0 amide bonds. The van der Waals surface area contributed by atoms with E-state index < -0.39 is 11.0 Å². The van der Waals surface area contributed by atoms with Gasteiger partial charge >= 0.3 is 0 Å². The maximum absolute atomic E-state index is 12.9. The second kappa shape index (κ2) is 9.38. The van der Waals surface area contributed by atoms with Crippen molar-refractivity contribution in [3.63, 3.8) is 0 Å². The number of aliphatic hydroxyl groups excluding tert-OH is 1. The molecule has 3 N–H and O–H groups in total. The third-order valence-corrected chi connectivity index (χ3v) is 7.39. The monoisotopic (exact) mass is 481 g/mol. The van der Waals surface area contributed by atoms with Crippen LogP contribution in [-0.4, -0.2) is 51.0 Å². The lowest BCUT2D eigenvalue weighted by molar-refractivity contribution is 0.0125. The lowest BCUT2D eigenvalue weighted by atomic mass is 9.93. The molecule has 0 aliphatic carbocycles. The van der Waals surface area contributed by atoms with Gasteiger partial charge < -0.3 is 19.7 Å². The van der Waals surface area contributed by atoms with Gasteiger partial charge in [0, 0.05) is 31.2 Å². The lowest BCUT2D eigenvalue weighted by Gasteiger charge is -2.39. The Kier molecular flexibility index (Phi) is 6.79. The summed E-state index contributed by atoms with van der Waals surface area (Å²) in [7, 11) is -1.46. The molecule has 0 saturated carbocycles. The number of nitrogens with one attached hydrogen (secondary N) is 2. The van der Waals surface area contributed by atoms with E-state index in [0.29, 0.717) is 38.1 Å². The van der Waals surface area contributed by atoms with Gasteiger partial charge in [-0.15, -0.1) is 0 Å². The number of aromatic nitrogens is 1. The van der Waals surface area contributed by atoms with Crippen LogP contribution in [0.1, 0.15) is 19.8 Å². The van der Waals surface area contributed by atoms with E-state index >= 15 is 0 Å². The first-order valence-electron chi connectivity index (χ1n) is 10.1. The van der Waals surface area contributed by atoms with Crippen molar-refractivity contribution in [2.75, 3.05) is 31.0 Å². The Morgan fingerprint density at radius 1 is 1.16 bits per heavy atom. The van der Waals surface area contributed by atoms with Gasteiger partial charge in [0.2, 0.25) is 0 Å². The molecule has 1 saturated heterocycles. The number of H-pyrrole nitrogens is 1. The van der Waals surface area contributed by atoms with E-state index in [1.54, 1.807) is 30.5 Å². The molecule has 1 aliphatic heterocycles. The van der Waals surface area contributed by atoms with Crippen molar-refractivity contribution in [1.29, 1.82) is 0 Å². The number of piperidine rings is 1. The largest absolute Gasteiger partial charge is 0.487 e. The number of fused-ring (bicyclic) bond motifs is 1. The second-order valence-corrected chi connectivity index (χ2v) is 9.97. The Morgan fingerprint density at radius 2 is 1.87 bits per heavy atom. The number of hydrogen-bond acceptors (Lipinski definition) is 4. The highest BCUT2D eigenvalue weighted by Crippen LogP contribution is 2.35. The molecule has 1 aromatic heterocycles. The predicted octanol–water partition coefficient (Wildman–Crippen LogP) is 4.84. The van der Waals surface area contributed by atoms with Crippen molar-refractivity contribution in [2.45, 2.75) is 30.3 Å². The number of ether oxygens (including phenoxy) is 1. The summed E-state index contributed by atoms with van der Waals surface area (Å²) in [5, 5.41) is 10.9. The fourth-order valence-corrected chi connectivity index (χ4v) is 5.25. The molecular formula is C22H25Cl2N3O3S. The van der Waals surface area contributed by atoms with E-state index in [2.05, 4.69) is 21.5 Å². The first-order valence-corrected chi connectivity index (χ1v) is 12.0. The maximum Gasteiger partial charge on any atom is 0.150 e. The average molecular weight is 482 g/mol. The molecule has 1 aliphatic rings. The van der Waals surface area contributed by atoms with Gasteiger partial charge in [0.15, 0.2) is 0 Å². The number of aliphatic hydroxyl groups is 1. The number of β-amino-alcohol motifs (C(OH)–C–C–N with tert-alkyl or cyclic N) is 1. The predicted molar refractivity (Wildman–Crippen MR) is 127 cm³/mol. The molecule has 0 spiro atoms. The van der Waals surface area contributed by atoms with Crippen LogP contribution in [0.15, 0.2) is 47.5 Å². The quantitative estimate of drug-likeness (QED) is 0.451. The highest BCUT2D eigenvalue weighted by atomic mass is 35.5. The molecule has 1 unspecified atom stereocenters. The highest BCUT2D eigenvalue weighted by molar-refractivity contribution is 7.86. The maximum atomic E-state index is 12.9. The van der Waals surface area contributed by atoms with Crippen LogP contribution < -0.4 is 9.46 Å². The summed E-state index contributed by atoms with van der Waals surface area (Å²) in [5.41, 5.74) is 1.13. The number of hydrogen-bond donors (Lipinski definition) is 3. The fourth-order valence-electron chi connectivity index (χ4n) is 3.82. The molecule has 0 bridgehead atoms. The van der Waals surface area contributed by atoms with Crippen LogP contribution in [0.4, 0.5) is 5.69 Å². The molecule has 2 heterocycles. The molecule has 31 heavy (non-hydrogen) atoms. The summed E-state index contributed by atoms with van der Waals surface area (Å²) >= 11 is 12.4. The smallest absolute Gasteiger partial charge is 0.150 e. The number of likely N-dealkylation sites (tertiary alicyclic amines) is 1. The Labute approximate surface area is 194 Å². The van der Waals surface area contributed by atoms with E-state index in [-0.39, 0.29) is 12.2 Å². The topological polar surface area (TPSA) is 77.6 Å². The van der Waals surface area contributed by atoms with E-state index in [4.69, 9.17) is 33.0 Å². The van der Waals surface area contributed by atoms with Crippen molar-refractivity contribution in [2.24, 2.45) is 0 Å². The summed E-state index contributed by atoms with van der Waals surface area (Å²) in [6.45, 7) is 4.81. The van der Waals surface area contributed by atoms with Crippen molar-refractivity contribution in [3.05, 3.63) is 52.6 Å². The molecule has 1 fully saturated rings. The van der Waals surface area contributed by atoms with Crippen LogP contribution in [0.3, 0.4) is 0 Å². The molecule has 3 aromatic rings.